The summed E-state index contributed by atoms with van der Waals surface area (Å²) < 4.78 is 5.32. The monoisotopic (exact) mass is 267 g/mol. The van der Waals surface area contributed by atoms with Crippen molar-refractivity contribution in [3.63, 3.8) is 0 Å². The van der Waals surface area contributed by atoms with E-state index in [0.717, 1.165) is 18.4 Å². The van der Waals surface area contributed by atoms with Crippen LogP contribution in [0.2, 0.25) is 0 Å². The van der Waals surface area contributed by atoms with E-state index < -0.39 is 17.2 Å². The van der Waals surface area contributed by atoms with Gasteiger partial charge in [0.1, 0.15) is 5.60 Å². The van der Waals surface area contributed by atoms with Gasteiger partial charge in [-0.2, -0.15) is 0 Å². The first kappa shape index (κ1) is 15.7. The molecule has 0 aromatic heterocycles. The Bertz CT molecular complexity index is 402. The standard InChI is InChI=1S/C15H25NO3/c1-7-8-9-11-10-15(5,6)16(12(11)17)13(18)19-14(2,3)4/h9H,7-8,10H2,1-6H3/b11-9+. The molecule has 4 nitrogen and oxygen atoms in total. The molecular weight excluding hydrogens is 242 g/mol. The molecule has 1 saturated heterocycles. The van der Waals surface area contributed by atoms with Gasteiger partial charge in [0.05, 0.1) is 5.54 Å². The molecule has 0 spiro atoms. The summed E-state index contributed by atoms with van der Waals surface area (Å²) in [5.74, 6) is -0.215. The maximum absolute atomic E-state index is 12.3. The summed E-state index contributed by atoms with van der Waals surface area (Å²) in [6.07, 6.45) is 3.82. The van der Waals surface area contributed by atoms with Crippen LogP contribution in [-0.2, 0) is 9.53 Å². The molecule has 1 aliphatic heterocycles. The lowest BCUT2D eigenvalue weighted by Gasteiger charge is -2.31. The fourth-order valence-electron chi connectivity index (χ4n) is 2.15. The van der Waals surface area contributed by atoms with E-state index in [1.54, 1.807) is 20.8 Å². The fraction of sp³-hybridized carbons (Fsp3) is 0.733. The summed E-state index contributed by atoms with van der Waals surface area (Å²) in [4.78, 5) is 25.7. The molecule has 0 saturated carbocycles. The van der Waals surface area contributed by atoms with Crippen molar-refractivity contribution < 1.29 is 14.3 Å². The lowest BCUT2D eigenvalue weighted by atomic mass is 9.99. The van der Waals surface area contributed by atoms with Gasteiger partial charge in [0, 0.05) is 12.0 Å². The molecule has 0 aromatic carbocycles. The Labute approximate surface area is 115 Å². The number of carbonyl (C=O) groups is 2. The fourth-order valence-corrected chi connectivity index (χ4v) is 2.15. The van der Waals surface area contributed by atoms with Crippen LogP contribution in [0.4, 0.5) is 4.79 Å². The van der Waals surface area contributed by atoms with Crippen LogP contribution < -0.4 is 0 Å². The molecule has 4 heteroatoms. The topological polar surface area (TPSA) is 46.6 Å². The van der Waals surface area contributed by atoms with Crippen LogP contribution in [0, 0.1) is 0 Å². The second-order valence-corrected chi connectivity index (χ2v) is 6.63. The summed E-state index contributed by atoms with van der Waals surface area (Å²) in [5, 5.41) is 0. The Hall–Kier alpha value is -1.32. The average Bonchev–Trinajstić information content (AvgIpc) is 2.43. The number of unbranched alkanes of at least 4 members (excludes halogenated alkanes) is 1. The van der Waals surface area contributed by atoms with E-state index in [-0.39, 0.29) is 5.91 Å². The van der Waals surface area contributed by atoms with Crippen molar-refractivity contribution in [3.05, 3.63) is 11.6 Å². The number of ether oxygens (including phenoxy) is 1. The summed E-state index contributed by atoms with van der Waals surface area (Å²) >= 11 is 0. The van der Waals surface area contributed by atoms with E-state index in [0.29, 0.717) is 6.42 Å². The number of hydrogen-bond acceptors (Lipinski definition) is 3. The molecule has 1 heterocycles. The van der Waals surface area contributed by atoms with Crippen molar-refractivity contribution in [1.82, 2.24) is 4.90 Å². The van der Waals surface area contributed by atoms with Crippen LogP contribution in [0.15, 0.2) is 11.6 Å². The minimum Gasteiger partial charge on any atom is -0.443 e. The van der Waals surface area contributed by atoms with Gasteiger partial charge < -0.3 is 4.74 Å². The highest BCUT2D eigenvalue weighted by Crippen LogP contribution is 2.34. The summed E-state index contributed by atoms with van der Waals surface area (Å²) in [6, 6.07) is 0. The lowest BCUT2D eigenvalue weighted by molar-refractivity contribution is -0.127. The maximum Gasteiger partial charge on any atom is 0.417 e. The first-order valence-corrected chi connectivity index (χ1v) is 6.85. The highest BCUT2D eigenvalue weighted by atomic mass is 16.6. The minimum absolute atomic E-state index is 0.215. The quantitative estimate of drug-likeness (QED) is 0.717. The largest absolute Gasteiger partial charge is 0.443 e. The van der Waals surface area contributed by atoms with Crippen LogP contribution in [0.1, 0.15) is 60.8 Å². The molecule has 108 valence electrons. The third-order valence-corrected chi connectivity index (χ3v) is 2.96. The zero-order valence-corrected chi connectivity index (χ0v) is 12.9. The molecule has 0 N–H and O–H groups in total. The minimum atomic E-state index is -0.594. The van der Waals surface area contributed by atoms with Crippen LogP contribution in [0.25, 0.3) is 0 Å². The summed E-state index contributed by atoms with van der Waals surface area (Å²) in [6.45, 7) is 11.2. The van der Waals surface area contributed by atoms with Crippen molar-refractivity contribution in [3.8, 4) is 0 Å². The Balaban J connectivity index is 2.94. The molecule has 2 amide bonds. The first-order chi connectivity index (χ1) is 8.58. The maximum atomic E-state index is 12.3. The predicted octanol–water partition coefficient (Wildman–Crippen LogP) is 3.66. The van der Waals surface area contributed by atoms with Gasteiger partial charge in [0.25, 0.3) is 5.91 Å². The number of imide groups is 1. The third kappa shape index (κ3) is 3.82. The molecule has 0 bridgehead atoms. The van der Waals surface area contributed by atoms with Gasteiger partial charge in [0.15, 0.2) is 0 Å². The first-order valence-electron chi connectivity index (χ1n) is 6.85. The zero-order valence-electron chi connectivity index (χ0n) is 12.9. The van der Waals surface area contributed by atoms with Gasteiger partial charge in [-0.3, -0.25) is 4.79 Å². The zero-order chi connectivity index (χ0) is 14.8. The number of likely N-dealkylation sites (tertiary alicyclic amines) is 1. The summed E-state index contributed by atoms with van der Waals surface area (Å²) in [5.41, 5.74) is -0.389. The second kappa shape index (κ2) is 5.35. The number of amides is 2. The van der Waals surface area contributed by atoms with Gasteiger partial charge in [0.2, 0.25) is 0 Å². The molecule has 1 fully saturated rings. The second-order valence-electron chi connectivity index (χ2n) is 6.63. The van der Waals surface area contributed by atoms with Gasteiger partial charge in [-0.15, -0.1) is 0 Å². The molecule has 0 atom stereocenters. The molecule has 1 aliphatic rings. The van der Waals surface area contributed by atoms with Crippen molar-refractivity contribution >= 4 is 12.0 Å². The van der Waals surface area contributed by atoms with E-state index in [1.807, 2.05) is 19.9 Å². The van der Waals surface area contributed by atoms with Gasteiger partial charge >= 0.3 is 6.09 Å². The van der Waals surface area contributed by atoms with E-state index in [4.69, 9.17) is 4.74 Å². The Morgan fingerprint density at radius 3 is 2.47 bits per heavy atom. The predicted molar refractivity (Wildman–Crippen MR) is 74.8 cm³/mol. The van der Waals surface area contributed by atoms with Gasteiger partial charge in [-0.05, 0) is 41.0 Å². The van der Waals surface area contributed by atoms with E-state index in [1.165, 1.54) is 4.90 Å². The normalized spacial score (nSPS) is 21.1. The number of nitrogens with zero attached hydrogens (tertiary/aromatic N) is 1. The van der Waals surface area contributed by atoms with E-state index >= 15 is 0 Å². The molecule has 1 rings (SSSR count). The number of hydrogen-bond donors (Lipinski definition) is 0. The molecule has 0 aliphatic carbocycles. The highest BCUT2D eigenvalue weighted by Gasteiger charge is 2.46. The van der Waals surface area contributed by atoms with E-state index in [2.05, 4.69) is 6.92 Å². The van der Waals surface area contributed by atoms with Crippen molar-refractivity contribution in [2.24, 2.45) is 0 Å². The molecule has 0 radical (unpaired) electrons. The van der Waals surface area contributed by atoms with Crippen molar-refractivity contribution in [2.75, 3.05) is 0 Å². The number of allylic oxidation sites excluding steroid dienone is 1. The molecule has 19 heavy (non-hydrogen) atoms. The highest BCUT2D eigenvalue weighted by molar-refractivity contribution is 6.05. The van der Waals surface area contributed by atoms with E-state index in [9.17, 15) is 9.59 Å². The van der Waals surface area contributed by atoms with Gasteiger partial charge in [-0.1, -0.05) is 19.4 Å². The van der Waals surface area contributed by atoms with Crippen LogP contribution in [-0.4, -0.2) is 28.0 Å². The Morgan fingerprint density at radius 1 is 1.42 bits per heavy atom. The number of carbonyl (C=O) groups excluding carboxylic acids is 2. The summed E-state index contributed by atoms with van der Waals surface area (Å²) in [7, 11) is 0. The van der Waals surface area contributed by atoms with Crippen LogP contribution >= 0.6 is 0 Å². The SMILES string of the molecule is CCC/C=C1\CC(C)(C)N(C(=O)OC(C)(C)C)C1=O. The van der Waals surface area contributed by atoms with Crippen molar-refractivity contribution in [1.29, 1.82) is 0 Å². The average molecular weight is 267 g/mol. The van der Waals surface area contributed by atoms with Gasteiger partial charge in [-0.25, -0.2) is 9.69 Å². The van der Waals surface area contributed by atoms with Crippen molar-refractivity contribution in [2.45, 2.75) is 71.9 Å². The Kier molecular flexibility index (Phi) is 4.43. The Morgan fingerprint density at radius 2 is 2.00 bits per heavy atom. The molecular formula is C15H25NO3. The third-order valence-electron chi connectivity index (χ3n) is 2.96. The number of rotatable bonds is 2. The molecule has 0 unspecified atom stereocenters. The van der Waals surface area contributed by atoms with Crippen LogP contribution in [0.5, 0.6) is 0 Å². The lowest BCUT2D eigenvalue weighted by Crippen LogP contribution is -2.47. The smallest absolute Gasteiger partial charge is 0.417 e. The van der Waals surface area contributed by atoms with Crippen LogP contribution in [0.3, 0.4) is 0 Å². The molecule has 0 aromatic rings.